The van der Waals surface area contributed by atoms with Crippen molar-refractivity contribution in [2.24, 2.45) is 10.7 Å². The normalized spacial score (nSPS) is 17.9. The van der Waals surface area contributed by atoms with E-state index in [9.17, 15) is 9.59 Å². The van der Waals surface area contributed by atoms with Gasteiger partial charge in [0.25, 0.3) is 0 Å². The summed E-state index contributed by atoms with van der Waals surface area (Å²) in [7, 11) is 3.48. The average Bonchev–Trinajstić information content (AvgIpc) is 3.02. The number of para-hydroxylation sites is 1. The Balaban J connectivity index is 1.52. The number of carbonyl (C=O) groups excluding carboxylic acids is 2. The second-order valence-corrected chi connectivity index (χ2v) is 8.95. The first-order chi connectivity index (χ1) is 17.4. The smallest absolute Gasteiger partial charge is 0.220 e. The van der Waals surface area contributed by atoms with Crippen molar-refractivity contribution in [3.05, 3.63) is 95.6 Å². The van der Waals surface area contributed by atoms with Gasteiger partial charge in [-0.15, -0.1) is 0 Å². The summed E-state index contributed by atoms with van der Waals surface area (Å²) in [5, 5.41) is 2.84. The molecule has 7 heteroatoms. The van der Waals surface area contributed by atoms with Gasteiger partial charge in [-0.25, -0.2) is 0 Å². The lowest BCUT2D eigenvalue weighted by molar-refractivity contribution is -0.128. The molecule has 0 spiro atoms. The minimum absolute atomic E-state index is 0.197. The topological polar surface area (TPSA) is 97.0 Å². The average molecular weight is 485 g/mol. The van der Waals surface area contributed by atoms with Crippen LogP contribution in [0.3, 0.4) is 0 Å². The van der Waals surface area contributed by atoms with Crippen LogP contribution in [0.2, 0.25) is 0 Å². The Morgan fingerprint density at radius 3 is 2.39 bits per heavy atom. The molecule has 0 saturated carbocycles. The number of likely N-dealkylation sites (N-methyl/N-ethyl adjacent to an activating group) is 1. The molecule has 0 fully saturated rings. The van der Waals surface area contributed by atoms with Crippen molar-refractivity contribution in [3.8, 4) is 5.75 Å². The monoisotopic (exact) mass is 484 g/mol. The van der Waals surface area contributed by atoms with Crippen LogP contribution in [0.4, 0.5) is 5.69 Å². The summed E-state index contributed by atoms with van der Waals surface area (Å²) in [6.45, 7) is 1.69. The molecule has 3 atom stereocenters. The predicted octanol–water partition coefficient (Wildman–Crippen LogP) is 3.34. The number of nitrogens with zero attached hydrogens (tertiary/aromatic N) is 2. The number of hydrogen-bond donors (Lipinski definition) is 2. The fourth-order valence-electron chi connectivity index (χ4n) is 4.39. The van der Waals surface area contributed by atoms with E-state index >= 15 is 0 Å². The van der Waals surface area contributed by atoms with E-state index < -0.39 is 18.2 Å². The van der Waals surface area contributed by atoms with Crippen molar-refractivity contribution in [3.63, 3.8) is 0 Å². The van der Waals surface area contributed by atoms with Gasteiger partial charge in [-0.2, -0.15) is 0 Å². The number of benzene rings is 3. The van der Waals surface area contributed by atoms with Crippen molar-refractivity contribution in [1.82, 2.24) is 5.32 Å². The van der Waals surface area contributed by atoms with E-state index in [1.54, 1.807) is 14.0 Å². The SMILES string of the molecule is COc1ccc(CCC(=O)NC(C)C(=O)C2N=C(c3ccccc3)c3ccccc3N(C)[C@@H]2N)cc1. The molecule has 1 aliphatic heterocycles. The Hall–Kier alpha value is -3.97. The second kappa shape index (κ2) is 11.2. The zero-order chi connectivity index (χ0) is 25.7. The second-order valence-electron chi connectivity index (χ2n) is 8.95. The highest BCUT2D eigenvalue weighted by Crippen LogP contribution is 2.29. The molecule has 3 N–H and O–H groups in total. The Morgan fingerprint density at radius 1 is 1.03 bits per heavy atom. The van der Waals surface area contributed by atoms with Gasteiger partial charge in [0.15, 0.2) is 5.78 Å². The van der Waals surface area contributed by atoms with Crippen molar-refractivity contribution in [2.75, 3.05) is 19.1 Å². The molecular formula is C29H32N4O3. The molecule has 36 heavy (non-hydrogen) atoms. The molecular weight excluding hydrogens is 452 g/mol. The lowest BCUT2D eigenvalue weighted by Crippen LogP contribution is -2.55. The van der Waals surface area contributed by atoms with Crippen molar-refractivity contribution >= 4 is 23.1 Å². The highest BCUT2D eigenvalue weighted by molar-refractivity contribution is 6.17. The first kappa shape index (κ1) is 25.1. The molecule has 0 aliphatic carbocycles. The number of benzodiazepines with no additional fused rings is 1. The Labute approximate surface area is 212 Å². The van der Waals surface area contributed by atoms with Crippen LogP contribution in [0.25, 0.3) is 0 Å². The van der Waals surface area contributed by atoms with Gasteiger partial charge in [-0.05, 0) is 37.1 Å². The van der Waals surface area contributed by atoms with Crippen LogP contribution in [0, 0.1) is 0 Å². The summed E-state index contributed by atoms with van der Waals surface area (Å²) in [5.74, 6) is 0.343. The first-order valence-electron chi connectivity index (χ1n) is 12.1. The number of carbonyl (C=O) groups is 2. The van der Waals surface area contributed by atoms with Gasteiger partial charge in [0.05, 0.1) is 18.9 Å². The molecule has 3 aromatic rings. The molecule has 0 saturated heterocycles. The van der Waals surface area contributed by atoms with Crippen molar-refractivity contribution < 1.29 is 14.3 Å². The molecule has 1 amide bonds. The van der Waals surface area contributed by atoms with Crippen LogP contribution >= 0.6 is 0 Å². The van der Waals surface area contributed by atoms with Crippen LogP contribution in [0.1, 0.15) is 30.0 Å². The van der Waals surface area contributed by atoms with Crippen LogP contribution < -0.4 is 20.7 Å². The standard InChI is InChI=1S/C29H32N4O3/c1-19(31-25(34)18-15-20-13-16-22(36-3)17-14-20)28(35)27-29(30)33(2)24-12-8-7-11-23(24)26(32-27)21-9-5-4-6-10-21/h4-14,16-17,19,27,29H,15,18,30H2,1-3H3,(H,31,34)/t19?,27?,29-/m0/s1. The molecule has 1 aliphatic rings. The third-order valence-electron chi connectivity index (χ3n) is 6.52. The number of nitrogens with one attached hydrogen (secondary N) is 1. The van der Waals surface area contributed by atoms with Crippen LogP contribution in [0.5, 0.6) is 5.75 Å². The largest absolute Gasteiger partial charge is 0.497 e. The first-order valence-corrected chi connectivity index (χ1v) is 12.1. The molecule has 4 rings (SSSR count). The number of nitrogens with two attached hydrogens (primary N) is 1. The maximum Gasteiger partial charge on any atom is 0.220 e. The minimum atomic E-state index is -0.852. The molecule has 1 heterocycles. The third kappa shape index (κ3) is 5.47. The molecule has 7 nitrogen and oxygen atoms in total. The predicted molar refractivity (Wildman–Crippen MR) is 143 cm³/mol. The Morgan fingerprint density at radius 2 is 1.69 bits per heavy atom. The Bertz CT molecular complexity index is 1240. The highest BCUT2D eigenvalue weighted by atomic mass is 16.5. The quantitative estimate of drug-likeness (QED) is 0.511. The number of ketones is 1. The van der Waals surface area contributed by atoms with Gasteiger partial charge < -0.3 is 20.7 Å². The summed E-state index contributed by atoms with van der Waals surface area (Å²) >= 11 is 0. The minimum Gasteiger partial charge on any atom is -0.497 e. The zero-order valence-electron chi connectivity index (χ0n) is 20.8. The number of ether oxygens (including phenoxy) is 1. The number of hydrogen-bond acceptors (Lipinski definition) is 6. The number of anilines is 1. The lowest BCUT2D eigenvalue weighted by Gasteiger charge is -2.30. The number of aryl methyl sites for hydroxylation is 1. The van der Waals surface area contributed by atoms with Gasteiger partial charge >= 0.3 is 0 Å². The van der Waals surface area contributed by atoms with Crippen molar-refractivity contribution in [2.45, 2.75) is 38.0 Å². The number of aliphatic imine (C=N–C) groups is 1. The molecule has 2 unspecified atom stereocenters. The van der Waals surface area contributed by atoms with Crippen molar-refractivity contribution in [1.29, 1.82) is 0 Å². The number of fused-ring (bicyclic) bond motifs is 1. The van der Waals surface area contributed by atoms with Crippen LogP contribution in [-0.2, 0) is 16.0 Å². The lowest BCUT2D eigenvalue weighted by atomic mass is 10.00. The number of methoxy groups -OCH3 is 1. The maximum atomic E-state index is 13.6. The fraction of sp³-hybridized carbons (Fsp3) is 0.276. The van der Waals surface area contributed by atoms with Crippen LogP contribution in [0.15, 0.2) is 83.9 Å². The molecule has 0 radical (unpaired) electrons. The molecule has 3 aromatic carbocycles. The number of Topliss-reactive ketones (excluding diaryl/α,β-unsaturated/α-hetero) is 1. The summed E-state index contributed by atoms with van der Waals surface area (Å²) in [6, 6.07) is 23.6. The maximum absolute atomic E-state index is 13.6. The molecule has 186 valence electrons. The number of rotatable bonds is 8. The van der Waals surface area contributed by atoms with E-state index in [-0.39, 0.29) is 18.1 Å². The summed E-state index contributed by atoms with van der Waals surface area (Å²) < 4.78 is 5.17. The summed E-state index contributed by atoms with van der Waals surface area (Å²) in [6.07, 6.45) is 0.150. The molecule has 0 aromatic heterocycles. The van der Waals surface area contributed by atoms with E-state index in [1.807, 2.05) is 90.8 Å². The Kier molecular flexibility index (Phi) is 7.80. The van der Waals surface area contributed by atoms with Gasteiger partial charge in [0, 0.05) is 30.3 Å². The van der Waals surface area contributed by atoms with E-state index in [4.69, 9.17) is 15.5 Å². The van der Waals surface area contributed by atoms with E-state index in [0.717, 1.165) is 28.1 Å². The van der Waals surface area contributed by atoms with Gasteiger partial charge in [-0.1, -0.05) is 60.7 Å². The van der Waals surface area contributed by atoms with E-state index in [1.165, 1.54) is 0 Å². The van der Waals surface area contributed by atoms with Gasteiger partial charge in [0.2, 0.25) is 5.91 Å². The van der Waals surface area contributed by atoms with Gasteiger partial charge in [0.1, 0.15) is 18.0 Å². The third-order valence-corrected chi connectivity index (χ3v) is 6.52. The fourth-order valence-corrected chi connectivity index (χ4v) is 4.39. The van der Waals surface area contributed by atoms with Crippen LogP contribution in [-0.4, -0.2) is 49.8 Å². The van der Waals surface area contributed by atoms with E-state index in [2.05, 4.69) is 5.32 Å². The summed E-state index contributed by atoms with van der Waals surface area (Å²) in [4.78, 5) is 33.0. The van der Waals surface area contributed by atoms with E-state index in [0.29, 0.717) is 12.1 Å². The zero-order valence-corrected chi connectivity index (χ0v) is 20.8. The molecule has 0 bridgehead atoms. The van der Waals surface area contributed by atoms with Gasteiger partial charge in [-0.3, -0.25) is 14.6 Å². The number of amides is 1. The highest BCUT2D eigenvalue weighted by Gasteiger charge is 2.36. The summed E-state index contributed by atoms with van der Waals surface area (Å²) in [5.41, 5.74) is 11.0.